The molecule has 0 spiro atoms. The second-order valence-electron chi connectivity index (χ2n) is 2.23. The van der Waals surface area contributed by atoms with Gasteiger partial charge >= 0.3 is 41.2 Å². The Morgan fingerprint density at radius 3 is 1.54 bits per heavy atom. The van der Waals surface area contributed by atoms with Crippen LogP contribution in [0.1, 0.15) is 0 Å². The van der Waals surface area contributed by atoms with Crippen LogP contribution in [0.3, 0.4) is 0 Å². The molecule has 0 bridgehead atoms. The molecule has 3 heteroatoms. The summed E-state index contributed by atoms with van der Waals surface area (Å²) in [6.07, 6.45) is 0. The molecule has 0 atom stereocenters. The van der Waals surface area contributed by atoms with E-state index in [1.165, 1.54) is 5.30 Å². The molecule has 13 heavy (non-hydrogen) atoms. The van der Waals surface area contributed by atoms with Gasteiger partial charge in [-0.2, -0.15) is 0 Å². The number of benzene rings is 1. The van der Waals surface area contributed by atoms with Gasteiger partial charge < -0.3 is 14.9 Å². The minimum Gasteiger partial charge on any atom is -0.358 e. The molecule has 74 valence electrons. The Bertz CT molecular complexity index is 178. The van der Waals surface area contributed by atoms with E-state index in [0.717, 1.165) is 0 Å². The zero-order valence-electron chi connectivity index (χ0n) is 9.14. The molecule has 0 aliphatic heterocycles. The predicted octanol–water partition coefficient (Wildman–Crippen LogP) is -0.0445. The fourth-order valence-corrected chi connectivity index (χ4v) is 1.49. The van der Waals surface area contributed by atoms with E-state index in [4.69, 9.17) is 0 Å². The van der Waals surface area contributed by atoms with Crippen LogP contribution in [0.2, 0.25) is 0 Å². The summed E-state index contributed by atoms with van der Waals surface area (Å²) >= 11 is 0. The molecule has 0 saturated heterocycles. The molecular weight excluding hydrogens is 355 g/mol. The summed E-state index contributed by atoms with van der Waals surface area (Å²) in [6, 6.07) is 10.6. The van der Waals surface area contributed by atoms with Gasteiger partial charge in [0.25, 0.3) is 0 Å². The maximum atomic E-state index is 2.27. The van der Waals surface area contributed by atoms with Crippen LogP contribution < -0.4 is 24.2 Å². The van der Waals surface area contributed by atoms with Crippen molar-refractivity contribution in [3.8, 4) is 0 Å². The molecule has 1 aromatic carbocycles. The summed E-state index contributed by atoms with van der Waals surface area (Å²) in [4.78, 5) is 0. The molecule has 0 radical (unpaired) electrons. The molecule has 0 amide bonds. The van der Waals surface area contributed by atoms with Crippen molar-refractivity contribution in [3.63, 3.8) is 0 Å². The van der Waals surface area contributed by atoms with Crippen LogP contribution >= 0.6 is 7.92 Å². The molecule has 0 nitrogen and oxygen atoms in total. The van der Waals surface area contributed by atoms with E-state index in [-0.39, 0.29) is 64.0 Å². The Morgan fingerprint density at radius 1 is 0.923 bits per heavy atom. The van der Waals surface area contributed by atoms with Gasteiger partial charge in [-0.05, 0) is 18.6 Å². The van der Waals surface area contributed by atoms with Gasteiger partial charge in [0.05, 0.1) is 0 Å². The number of rotatable bonds is 1. The Labute approximate surface area is 112 Å². The number of hydrogen-bond acceptors (Lipinski definition) is 0. The quantitative estimate of drug-likeness (QED) is 0.369. The van der Waals surface area contributed by atoms with E-state index in [9.17, 15) is 0 Å². The summed E-state index contributed by atoms with van der Waals surface area (Å²) in [5.41, 5.74) is 0. The molecule has 0 aliphatic rings. The van der Waals surface area contributed by atoms with Crippen LogP contribution in [-0.4, -0.2) is 13.3 Å². The van der Waals surface area contributed by atoms with Gasteiger partial charge in [-0.15, -0.1) is 0 Å². The van der Waals surface area contributed by atoms with Crippen LogP contribution in [0.4, 0.5) is 0 Å². The summed E-state index contributed by atoms with van der Waals surface area (Å²) in [5, 5.41) is 1.48. The van der Waals surface area contributed by atoms with Crippen LogP contribution in [-0.2, 0) is 22.4 Å². The van der Waals surface area contributed by atoms with Crippen molar-refractivity contribution < 1.29 is 41.2 Å². The summed E-state index contributed by atoms with van der Waals surface area (Å²) < 4.78 is 0. The average Bonchev–Trinajstić information content (AvgIpc) is 1.90. The molecule has 0 unspecified atom stereocenters. The van der Waals surface area contributed by atoms with Gasteiger partial charge in [0, 0.05) is 0 Å². The second kappa shape index (κ2) is 13.0. The smallest absolute Gasteiger partial charge is 0.358 e. The number of hydrogen-bond donors (Lipinski definition) is 0. The van der Waals surface area contributed by atoms with Crippen LogP contribution in [0.5, 0.6) is 0 Å². The molecule has 1 aromatic rings. The van der Waals surface area contributed by atoms with Crippen molar-refractivity contribution in [2.24, 2.45) is 0 Å². The fraction of sp³-hybridized carbons (Fsp3) is 0.200. The summed E-state index contributed by atoms with van der Waals surface area (Å²) in [6.45, 7) is 4.54. The van der Waals surface area contributed by atoms with Gasteiger partial charge in [-0.25, -0.2) is 0 Å². The van der Waals surface area contributed by atoms with Crippen molar-refractivity contribution in [2.75, 3.05) is 13.3 Å². The normalized spacial score (nSPS) is 7.00. The minimum atomic E-state index is 0. The van der Waals surface area contributed by atoms with Gasteiger partial charge in [0.15, 0.2) is 0 Å². The van der Waals surface area contributed by atoms with E-state index < -0.39 is 0 Å². The maximum Gasteiger partial charge on any atom is 1.00 e. The zero-order valence-corrected chi connectivity index (χ0v) is 12.2. The second-order valence-corrected chi connectivity index (χ2v) is 4.54. The van der Waals surface area contributed by atoms with Crippen molar-refractivity contribution in [1.29, 1.82) is 0 Å². The summed E-state index contributed by atoms with van der Waals surface area (Å²) in [7, 11) is 0.104. The molecule has 0 N–H and O–H groups in total. The monoisotopic (exact) mass is 372 g/mol. The third kappa shape index (κ3) is 9.30. The van der Waals surface area contributed by atoms with E-state index in [2.05, 4.69) is 43.7 Å². The zero-order chi connectivity index (χ0) is 6.69. The van der Waals surface area contributed by atoms with Crippen LogP contribution in [0.15, 0.2) is 30.3 Å². The fourth-order valence-electron chi connectivity index (χ4n) is 0.726. The molecular formula is C10H17AuLiP. The SMILES string of the molecule is CP(C)c1ccccc1.[Au+].[CH3-].[CH3-].[Li+]. The first-order valence-electron chi connectivity index (χ1n) is 3.03. The van der Waals surface area contributed by atoms with Crippen LogP contribution in [0.25, 0.3) is 0 Å². The van der Waals surface area contributed by atoms with E-state index in [1.807, 2.05) is 0 Å². The standard InChI is InChI=1S/C8H11P.2CH3.Au.Li/c1-9(2)8-6-4-3-5-7-8;;;;/h3-7H,1-2H3;2*1H3;;/q;2*-1;2*+1. The molecule has 0 aromatic heterocycles. The minimum absolute atomic E-state index is 0. The van der Waals surface area contributed by atoms with Gasteiger partial charge in [0.1, 0.15) is 0 Å². The van der Waals surface area contributed by atoms with Gasteiger partial charge in [-0.1, -0.05) is 38.3 Å². The first-order chi connectivity index (χ1) is 4.30. The maximum absolute atomic E-state index is 2.27. The Morgan fingerprint density at radius 2 is 1.31 bits per heavy atom. The molecule has 0 fully saturated rings. The van der Waals surface area contributed by atoms with E-state index in [0.29, 0.717) is 0 Å². The Hall–Kier alpha value is 0.988. The van der Waals surface area contributed by atoms with Crippen LogP contribution in [0, 0.1) is 14.9 Å². The molecule has 0 saturated carbocycles. The van der Waals surface area contributed by atoms with Gasteiger partial charge in [0.2, 0.25) is 0 Å². The van der Waals surface area contributed by atoms with Gasteiger partial charge in [-0.3, -0.25) is 0 Å². The molecule has 1 rings (SSSR count). The van der Waals surface area contributed by atoms with Crippen molar-refractivity contribution in [3.05, 3.63) is 45.2 Å². The Kier molecular flexibility index (Phi) is 23.6. The predicted molar refractivity (Wildman–Crippen MR) is 57.7 cm³/mol. The van der Waals surface area contributed by atoms with E-state index >= 15 is 0 Å². The largest absolute Gasteiger partial charge is 1.00 e. The first-order valence-corrected chi connectivity index (χ1v) is 5.26. The van der Waals surface area contributed by atoms with Crippen molar-refractivity contribution in [2.45, 2.75) is 0 Å². The third-order valence-corrected chi connectivity index (χ3v) is 2.60. The average molecular weight is 372 g/mol. The van der Waals surface area contributed by atoms with Crippen molar-refractivity contribution >= 4 is 13.2 Å². The third-order valence-electron chi connectivity index (χ3n) is 1.27. The van der Waals surface area contributed by atoms with Crippen molar-refractivity contribution in [1.82, 2.24) is 0 Å². The topological polar surface area (TPSA) is 0 Å². The molecule has 0 heterocycles. The summed E-state index contributed by atoms with van der Waals surface area (Å²) in [5.74, 6) is 0. The molecule has 0 aliphatic carbocycles. The van der Waals surface area contributed by atoms with E-state index in [1.54, 1.807) is 0 Å². The Balaban J connectivity index is -0.000000101. The first kappa shape index (κ1) is 23.7.